The van der Waals surface area contributed by atoms with Crippen molar-refractivity contribution in [3.63, 3.8) is 0 Å². The van der Waals surface area contributed by atoms with Crippen molar-refractivity contribution in [2.75, 3.05) is 26.0 Å². The van der Waals surface area contributed by atoms with Gasteiger partial charge in [0.15, 0.2) is 0 Å². The van der Waals surface area contributed by atoms with E-state index in [9.17, 15) is 12.8 Å². The Morgan fingerprint density at radius 1 is 1.37 bits per heavy atom. The number of nitrogens with two attached hydrogens (primary N) is 1. The fourth-order valence-corrected chi connectivity index (χ4v) is 3.68. The predicted octanol–water partition coefficient (Wildman–Crippen LogP) is 1.21. The molecule has 0 amide bonds. The Balaban J connectivity index is 2.33. The molecule has 0 spiro atoms. The van der Waals surface area contributed by atoms with Crippen LogP contribution in [-0.4, -0.2) is 39.0 Å². The van der Waals surface area contributed by atoms with Crippen molar-refractivity contribution in [2.45, 2.75) is 23.8 Å². The first-order chi connectivity index (χ1) is 8.94. The predicted molar refractivity (Wildman–Crippen MR) is 69.6 cm³/mol. The molecule has 7 heteroatoms. The van der Waals surface area contributed by atoms with Crippen LogP contribution < -0.4 is 5.73 Å². The monoisotopic (exact) mass is 288 g/mol. The fourth-order valence-electron chi connectivity index (χ4n) is 2.14. The smallest absolute Gasteiger partial charge is 0.245 e. The van der Waals surface area contributed by atoms with Gasteiger partial charge in [-0.05, 0) is 25.0 Å². The normalized spacial score (nSPS) is 17.8. The fraction of sp³-hybridized carbons (Fsp3) is 0.500. The van der Waals surface area contributed by atoms with Gasteiger partial charge in [-0.2, -0.15) is 4.31 Å². The lowest BCUT2D eigenvalue weighted by Gasteiger charge is -2.30. The molecule has 1 aliphatic heterocycles. The van der Waals surface area contributed by atoms with E-state index in [1.54, 1.807) is 0 Å². The summed E-state index contributed by atoms with van der Waals surface area (Å²) in [4.78, 5) is -0.179. The lowest BCUT2D eigenvalue weighted by atomic mass is 10.1. The summed E-state index contributed by atoms with van der Waals surface area (Å²) in [6.07, 6.45) is 1.26. The van der Waals surface area contributed by atoms with Crippen molar-refractivity contribution in [3.8, 4) is 0 Å². The van der Waals surface area contributed by atoms with Gasteiger partial charge in [-0.25, -0.2) is 12.8 Å². The number of nitrogen functional groups attached to an aromatic ring is 1. The number of para-hydroxylation sites is 1. The lowest BCUT2D eigenvalue weighted by Crippen LogP contribution is -2.40. The van der Waals surface area contributed by atoms with Crippen LogP contribution in [0.2, 0.25) is 0 Å². The standard InChI is InChI=1S/C12H17FN2O3S/c1-15(9-5-7-18-8-6-9)19(16,17)11-4-2-3-10(13)12(11)14/h2-4,9H,5-8,14H2,1H3. The summed E-state index contributed by atoms with van der Waals surface area (Å²) in [5.41, 5.74) is 5.20. The first-order valence-electron chi connectivity index (χ1n) is 6.04. The maximum atomic E-state index is 13.4. The first kappa shape index (κ1) is 14.2. The molecule has 5 nitrogen and oxygen atoms in total. The zero-order chi connectivity index (χ0) is 14.0. The van der Waals surface area contributed by atoms with E-state index in [2.05, 4.69) is 0 Å². The second-order valence-electron chi connectivity index (χ2n) is 4.52. The molecule has 2 N–H and O–H groups in total. The minimum Gasteiger partial charge on any atom is -0.395 e. The molecule has 106 valence electrons. The van der Waals surface area contributed by atoms with E-state index in [1.807, 2.05) is 0 Å². The highest BCUT2D eigenvalue weighted by atomic mass is 32.2. The van der Waals surface area contributed by atoms with Gasteiger partial charge in [0.05, 0.1) is 5.69 Å². The van der Waals surface area contributed by atoms with Gasteiger partial charge in [0, 0.05) is 26.3 Å². The van der Waals surface area contributed by atoms with E-state index in [0.717, 1.165) is 6.07 Å². The molecule has 19 heavy (non-hydrogen) atoms. The van der Waals surface area contributed by atoms with Gasteiger partial charge >= 0.3 is 0 Å². The molecule has 1 aromatic rings. The second-order valence-corrected chi connectivity index (χ2v) is 6.48. The third kappa shape index (κ3) is 2.72. The average Bonchev–Trinajstić information content (AvgIpc) is 2.41. The molecule has 0 aromatic heterocycles. The van der Waals surface area contributed by atoms with Crippen LogP contribution in [0.4, 0.5) is 10.1 Å². The molecule has 0 atom stereocenters. The number of nitrogens with zero attached hydrogens (tertiary/aromatic N) is 1. The molecule has 0 saturated carbocycles. The minimum atomic E-state index is -3.78. The average molecular weight is 288 g/mol. The maximum Gasteiger partial charge on any atom is 0.245 e. The topological polar surface area (TPSA) is 72.6 Å². The molecule has 1 saturated heterocycles. The quantitative estimate of drug-likeness (QED) is 0.848. The molecule has 2 rings (SSSR count). The van der Waals surface area contributed by atoms with Gasteiger partial charge in [0.25, 0.3) is 0 Å². The van der Waals surface area contributed by atoms with Crippen molar-refractivity contribution >= 4 is 15.7 Å². The van der Waals surface area contributed by atoms with Gasteiger partial charge in [0.2, 0.25) is 10.0 Å². The Labute approximate surface area is 112 Å². The Morgan fingerprint density at radius 3 is 2.63 bits per heavy atom. The number of hydrogen-bond donors (Lipinski definition) is 1. The lowest BCUT2D eigenvalue weighted by molar-refractivity contribution is 0.0632. The highest BCUT2D eigenvalue weighted by molar-refractivity contribution is 7.89. The van der Waals surface area contributed by atoms with Crippen LogP contribution in [0.3, 0.4) is 0 Å². The molecule has 1 heterocycles. The summed E-state index contributed by atoms with van der Waals surface area (Å²) < 4.78 is 44.7. The number of ether oxygens (including phenoxy) is 1. The van der Waals surface area contributed by atoms with Crippen LogP contribution in [-0.2, 0) is 14.8 Å². The summed E-state index contributed by atoms with van der Waals surface area (Å²) in [7, 11) is -2.28. The zero-order valence-electron chi connectivity index (χ0n) is 10.7. The van der Waals surface area contributed by atoms with Crippen molar-refractivity contribution in [1.82, 2.24) is 4.31 Å². The van der Waals surface area contributed by atoms with Gasteiger partial charge < -0.3 is 10.5 Å². The Hall–Kier alpha value is -1.18. The zero-order valence-corrected chi connectivity index (χ0v) is 11.5. The number of hydrogen-bond acceptors (Lipinski definition) is 4. The number of sulfonamides is 1. The molecular formula is C12H17FN2O3S. The number of benzene rings is 1. The van der Waals surface area contributed by atoms with Crippen molar-refractivity contribution in [1.29, 1.82) is 0 Å². The van der Waals surface area contributed by atoms with Gasteiger partial charge in [-0.3, -0.25) is 0 Å². The van der Waals surface area contributed by atoms with E-state index >= 15 is 0 Å². The van der Waals surface area contributed by atoms with Crippen molar-refractivity contribution in [3.05, 3.63) is 24.0 Å². The summed E-state index contributed by atoms with van der Waals surface area (Å²) in [5, 5.41) is 0. The molecule has 0 radical (unpaired) electrons. The number of halogens is 1. The van der Waals surface area contributed by atoms with Crippen molar-refractivity contribution in [2.24, 2.45) is 0 Å². The van der Waals surface area contributed by atoms with Crippen molar-refractivity contribution < 1.29 is 17.5 Å². The first-order valence-corrected chi connectivity index (χ1v) is 7.48. The Morgan fingerprint density at radius 2 is 2.00 bits per heavy atom. The Bertz CT molecular complexity index is 556. The van der Waals surface area contributed by atoms with Crippen LogP contribution in [0, 0.1) is 5.82 Å². The molecule has 1 aliphatic rings. The number of rotatable bonds is 3. The molecule has 0 aliphatic carbocycles. The highest BCUT2D eigenvalue weighted by Crippen LogP contribution is 2.27. The summed E-state index contributed by atoms with van der Waals surface area (Å²) >= 11 is 0. The van der Waals surface area contributed by atoms with E-state index in [-0.39, 0.29) is 16.6 Å². The van der Waals surface area contributed by atoms with Gasteiger partial charge in [-0.1, -0.05) is 6.07 Å². The third-order valence-corrected chi connectivity index (χ3v) is 5.34. The molecule has 1 fully saturated rings. The van der Waals surface area contributed by atoms with Gasteiger partial charge in [0.1, 0.15) is 10.7 Å². The van der Waals surface area contributed by atoms with Crippen LogP contribution in [0.5, 0.6) is 0 Å². The van der Waals surface area contributed by atoms with Crippen LogP contribution in [0.15, 0.2) is 23.1 Å². The van der Waals surface area contributed by atoms with E-state index < -0.39 is 15.8 Å². The Kier molecular flexibility index (Phi) is 4.07. The molecule has 0 unspecified atom stereocenters. The molecular weight excluding hydrogens is 271 g/mol. The third-order valence-electron chi connectivity index (χ3n) is 3.37. The largest absolute Gasteiger partial charge is 0.395 e. The minimum absolute atomic E-state index is 0.138. The van der Waals surface area contributed by atoms with Crippen LogP contribution >= 0.6 is 0 Å². The summed E-state index contributed by atoms with van der Waals surface area (Å²) in [6.45, 7) is 1.06. The van der Waals surface area contributed by atoms with E-state index in [4.69, 9.17) is 10.5 Å². The SMILES string of the molecule is CN(C1CCOCC1)S(=O)(=O)c1cccc(F)c1N. The van der Waals surface area contributed by atoms with E-state index in [0.29, 0.717) is 26.1 Å². The van der Waals surface area contributed by atoms with Crippen LogP contribution in [0.25, 0.3) is 0 Å². The number of anilines is 1. The van der Waals surface area contributed by atoms with E-state index in [1.165, 1.54) is 23.5 Å². The summed E-state index contributed by atoms with van der Waals surface area (Å²) in [6, 6.07) is 3.67. The molecule has 0 bridgehead atoms. The van der Waals surface area contributed by atoms with Gasteiger partial charge in [-0.15, -0.1) is 0 Å². The maximum absolute atomic E-state index is 13.4. The second kappa shape index (κ2) is 5.44. The van der Waals surface area contributed by atoms with Crippen LogP contribution in [0.1, 0.15) is 12.8 Å². The summed E-state index contributed by atoms with van der Waals surface area (Å²) in [5.74, 6) is -0.721. The highest BCUT2D eigenvalue weighted by Gasteiger charge is 2.31. The molecule has 1 aromatic carbocycles.